The first-order chi connectivity index (χ1) is 9.95. The van der Waals surface area contributed by atoms with Gasteiger partial charge in [0.15, 0.2) is 0 Å². The van der Waals surface area contributed by atoms with Crippen LogP contribution in [0.15, 0.2) is 30.3 Å². The van der Waals surface area contributed by atoms with Crippen LogP contribution in [0, 0.1) is 0 Å². The van der Waals surface area contributed by atoms with E-state index in [2.05, 4.69) is 9.44 Å². The molecule has 1 amide bonds. The quantitative estimate of drug-likeness (QED) is 0.753. The number of carbonyl (C=O) groups is 1. The van der Waals surface area contributed by atoms with E-state index >= 15 is 0 Å². The van der Waals surface area contributed by atoms with Crippen molar-refractivity contribution in [3.8, 4) is 0 Å². The smallest absolute Gasteiger partial charge is 0.277 e. The number of benzene rings is 1. The molecule has 0 heterocycles. The second-order valence-corrected chi connectivity index (χ2v) is 6.00. The number of amides is 1. The molecule has 1 atom stereocenters. The van der Waals surface area contributed by atoms with Crippen LogP contribution in [0.2, 0.25) is 0 Å². The molecule has 0 aromatic heterocycles. The number of nitrogens with zero attached hydrogens (tertiary/aromatic N) is 1. The van der Waals surface area contributed by atoms with Gasteiger partial charge < -0.3 is 4.90 Å². The van der Waals surface area contributed by atoms with Gasteiger partial charge in [-0.25, -0.2) is 4.72 Å². The molecule has 1 rings (SSSR count). The highest BCUT2D eigenvalue weighted by Crippen LogP contribution is 2.16. The minimum Gasteiger partial charge on any atom is -0.342 e. The fourth-order valence-corrected chi connectivity index (χ4v) is 3.02. The van der Waals surface area contributed by atoms with E-state index in [4.69, 9.17) is 0 Å². The summed E-state index contributed by atoms with van der Waals surface area (Å²) in [4.78, 5) is 14.2. The number of nitrogens with one attached hydrogen (secondary N) is 2. The van der Waals surface area contributed by atoms with E-state index in [0.717, 1.165) is 0 Å². The molecule has 0 aliphatic carbocycles. The third-order valence-electron chi connectivity index (χ3n) is 3.06. The van der Waals surface area contributed by atoms with E-state index in [1.807, 2.05) is 19.9 Å². The summed E-state index contributed by atoms with van der Waals surface area (Å²) in [5, 5.41) is 0. The number of carbonyl (C=O) groups excluding carboxylic acids is 1. The fraction of sp³-hybridized carbons (Fsp3) is 0.500. The molecule has 1 aromatic rings. The van der Waals surface area contributed by atoms with Crippen LogP contribution in [0.4, 0.5) is 0 Å². The van der Waals surface area contributed by atoms with Crippen LogP contribution in [0.3, 0.4) is 0 Å². The SMILES string of the molecule is CCNS(=O)(=O)NC(C(=O)N(CC)CC)c1ccccc1. The van der Waals surface area contributed by atoms with Gasteiger partial charge in [0.1, 0.15) is 6.04 Å². The third-order valence-corrected chi connectivity index (χ3v) is 4.28. The zero-order chi connectivity index (χ0) is 15.9. The van der Waals surface area contributed by atoms with Crippen LogP contribution in [-0.2, 0) is 15.0 Å². The average Bonchev–Trinajstić information content (AvgIpc) is 2.47. The van der Waals surface area contributed by atoms with Gasteiger partial charge in [0.2, 0.25) is 5.91 Å². The molecule has 0 aliphatic heterocycles. The Morgan fingerprint density at radius 1 is 1.14 bits per heavy atom. The Morgan fingerprint density at radius 2 is 1.71 bits per heavy atom. The van der Waals surface area contributed by atoms with E-state index in [0.29, 0.717) is 18.7 Å². The van der Waals surface area contributed by atoms with Crippen molar-refractivity contribution < 1.29 is 13.2 Å². The van der Waals surface area contributed by atoms with Crippen LogP contribution in [-0.4, -0.2) is 38.9 Å². The monoisotopic (exact) mass is 313 g/mol. The van der Waals surface area contributed by atoms with Gasteiger partial charge in [0.25, 0.3) is 10.2 Å². The summed E-state index contributed by atoms with van der Waals surface area (Å²) in [5.74, 6) is -0.257. The van der Waals surface area contributed by atoms with Gasteiger partial charge >= 0.3 is 0 Å². The van der Waals surface area contributed by atoms with Crippen molar-refractivity contribution in [3.63, 3.8) is 0 Å². The predicted octanol–water partition coefficient (Wildman–Crippen LogP) is 1.04. The summed E-state index contributed by atoms with van der Waals surface area (Å²) in [7, 11) is -3.72. The zero-order valence-corrected chi connectivity index (χ0v) is 13.5. The van der Waals surface area contributed by atoms with Gasteiger partial charge in [-0.3, -0.25) is 4.79 Å². The lowest BCUT2D eigenvalue weighted by Crippen LogP contribution is -2.46. The second kappa shape index (κ2) is 8.11. The lowest BCUT2D eigenvalue weighted by Gasteiger charge is -2.26. The van der Waals surface area contributed by atoms with Crippen LogP contribution in [0.25, 0.3) is 0 Å². The number of hydrogen-bond acceptors (Lipinski definition) is 3. The third kappa shape index (κ3) is 5.11. The summed E-state index contributed by atoms with van der Waals surface area (Å²) < 4.78 is 28.6. The molecule has 0 aliphatic rings. The molecular formula is C14H23N3O3S. The Labute approximate surface area is 126 Å². The maximum atomic E-state index is 12.6. The van der Waals surface area contributed by atoms with Gasteiger partial charge in [-0.15, -0.1) is 0 Å². The average molecular weight is 313 g/mol. The fourth-order valence-electron chi connectivity index (χ4n) is 2.01. The van der Waals surface area contributed by atoms with Crippen molar-refractivity contribution in [3.05, 3.63) is 35.9 Å². The van der Waals surface area contributed by atoms with Gasteiger partial charge in [-0.2, -0.15) is 13.1 Å². The standard InChI is InChI=1S/C14H23N3O3S/c1-4-15-21(19,20)16-13(12-10-8-7-9-11-12)14(18)17(5-2)6-3/h7-11,13,15-16H,4-6H2,1-3H3. The lowest BCUT2D eigenvalue weighted by molar-refractivity contribution is -0.132. The molecular weight excluding hydrogens is 290 g/mol. The highest BCUT2D eigenvalue weighted by Gasteiger charge is 2.28. The zero-order valence-electron chi connectivity index (χ0n) is 12.7. The van der Waals surface area contributed by atoms with Crippen LogP contribution < -0.4 is 9.44 Å². The van der Waals surface area contributed by atoms with Crippen LogP contribution in [0.1, 0.15) is 32.4 Å². The van der Waals surface area contributed by atoms with Gasteiger partial charge in [-0.1, -0.05) is 37.3 Å². The molecule has 0 bridgehead atoms. The van der Waals surface area contributed by atoms with E-state index in [-0.39, 0.29) is 12.5 Å². The van der Waals surface area contributed by atoms with Crippen molar-refractivity contribution in [2.45, 2.75) is 26.8 Å². The van der Waals surface area contributed by atoms with Crippen molar-refractivity contribution in [1.29, 1.82) is 0 Å². The Hall–Kier alpha value is -1.44. The molecule has 118 valence electrons. The minimum atomic E-state index is -3.72. The first-order valence-electron chi connectivity index (χ1n) is 7.05. The number of rotatable bonds is 8. The Morgan fingerprint density at radius 3 is 2.19 bits per heavy atom. The molecule has 0 fully saturated rings. The topological polar surface area (TPSA) is 78.5 Å². The largest absolute Gasteiger partial charge is 0.342 e. The van der Waals surface area contributed by atoms with Crippen molar-refractivity contribution in [2.24, 2.45) is 0 Å². The van der Waals surface area contributed by atoms with Crippen molar-refractivity contribution in [2.75, 3.05) is 19.6 Å². The predicted molar refractivity (Wildman–Crippen MR) is 82.8 cm³/mol. The van der Waals surface area contributed by atoms with E-state index in [9.17, 15) is 13.2 Å². The van der Waals surface area contributed by atoms with Gasteiger partial charge in [0, 0.05) is 19.6 Å². The maximum absolute atomic E-state index is 12.6. The molecule has 1 aromatic carbocycles. The Balaban J connectivity index is 3.09. The van der Waals surface area contributed by atoms with Gasteiger partial charge in [-0.05, 0) is 19.4 Å². The summed E-state index contributed by atoms with van der Waals surface area (Å²) >= 11 is 0. The Bertz CT molecular complexity index is 542. The minimum absolute atomic E-state index is 0.257. The van der Waals surface area contributed by atoms with E-state index in [1.165, 1.54) is 0 Å². The molecule has 0 spiro atoms. The van der Waals surface area contributed by atoms with Crippen molar-refractivity contribution in [1.82, 2.24) is 14.3 Å². The lowest BCUT2D eigenvalue weighted by atomic mass is 10.1. The molecule has 7 heteroatoms. The molecule has 6 nitrogen and oxygen atoms in total. The summed E-state index contributed by atoms with van der Waals surface area (Å²) in [6.07, 6.45) is 0. The second-order valence-electron chi connectivity index (χ2n) is 4.47. The van der Waals surface area contributed by atoms with Crippen molar-refractivity contribution >= 4 is 16.1 Å². The molecule has 21 heavy (non-hydrogen) atoms. The Kier molecular flexibility index (Phi) is 6.80. The molecule has 0 saturated heterocycles. The number of hydrogen-bond donors (Lipinski definition) is 2. The van der Waals surface area contributed by atoms with E-state index < -0.39 is 16.3 Å². The highest BCUT2D eigenvalue weighted by atomic mass is 32.2. The molecule has 0 saturated carbocycles. The molecule has 0 radical (unpaired) electrons. The first kappa shape index (κ1) is 17.6. The molecule has 1 unspecified atom stereocenters. The number of likely N-dealkylation sites (N-methyl/N-ethyl adjacent to an activating group) is 1. The van der Waals surface area contributed by atoms with Crippen LogP contribution >= 0.6 is 0 Å². The highest BCUT2D eigenvalue weighted by molar-refractivity contribution is 7.87. The van der Waals surface area contributed by atoms with Gasteiger partial charge in [0.05, 0.1) is 0 Å². The summed E-state index contributed by atoms with van der Waals surface area (Å²) in [6.45, 7) is 6.73. The summed E-state index contributed by atoms with van der Waals surface area (Å²) in [6, 6.07) is 7.93. The van der Waals surface area contributed by atoms with E-state index in [1.54, 1.807) is 36.1 Å². The first-order valence-corrected chi connectivity index (χ1v) is 8.54. The summed E-state index contributed by atoms with van der Waals surface area (Å²) in [5.41, 5.74) is 0.621. The maximum Gasteiger partial charge on any atom is 0.277 e. The normalized spacial score (nSPS) is 12.9. The molecule has 2 N–H and O–H groups in total. The van der Waals surface area contributed by atoms with Crippen LogP contribution in [0.5, 0.6) is 0 Å².